The molecule has 0 unspecified atom stereocenters. The van der Waals surface area contributed by atoms with Gasteiger partial charge in [-0.05, 0) is 22.9 Å². The van der Waals surface area contributed by atoms with Gasteiger partial charge < -0.3 is 4.48 Å². The molecule has 0 saturated heterocycles. The van der Waals surface area contributed by atoms with Crippen molar-refractivity contribution in [3.05, 3.63) is 60.2 Å². The second-order valence-electron chi connectivity index (χ2n) is 5.88. The zero-order valence-electron chi connectivity index (χ0n) is 11.2. The summed E-state index contributed by atoms with van der Waals surface area (Å²) in [6.07, 6.45) is 3.10. The third-order valence-electron chi connectivity index (χ3n) is 4.18. The highest BCUT2D eigenvalue weighted by molar-refractivity contribution is 5.84. The number of rotatable bonds is 2. The van der Waals surface area contributed by atoms with Crippen molar-refractivity contribution >= 4 is 10.8 Å². The van der Waals surface area contributed by atoms with Crippen LogP contribution >= 0.6 is 0 Å². The Labute approximate surface area is 109 Å². The van der Waals surface area contributed by atoms with Crippen molar-refractivity contribution in [3.63, 3.8) is 0 Å². The molecular weight excluding hydrogens is 218 g/mol. The molecule has 0 fully saturated rings. The van der Waals surface area contributed by atoms with Crippen LogP contribution in [0.5, 0.6) is 0 Å². The molecular formula is C17H20N+. The van der Waals surface area contributed by atoms with Gasteiger partial charge in [0.2, 0.25) is 0 Å². The molecule has 92 valence electrons. The lowest BCUT2D eigenvalue weighted by atomic mass is 9.97. The third-order valence-corrected chi connectivity index (χ3v) is 4.18. The Kier molecular flexibility index (Phi) is 2.53. The molecule has 1 atom stereocenters. The van der Waals surface area contributed by atoms with E-state index >= 15 is 0 Å². The molecule has 1 heteroatoms. The minimum atomic E-state index is 0.558. The van der Waals surface area contributed by atoms with E-state index in [0.29, 0.717) is 6.04 Å². The van der Waals surface area contributed by atoms with Crippen LogP contribution in [-0.2, 0) is 6.54 Å². The van der Waals surface area contributed by atoms with Gasteiger partial charge in [-0.3, -0.25) is 0 Å². The first-order valence-electron chi connectivity index (χ1n) is 6.57. The summed E-state index contributed by atoms with van der Waals surface area (Å²) in [7, 11) is 4.64. The van der Waals surface area contributed by atoms with E-state index in [1.165, 1.54) is 21.9 Å². The van der Waals surface area contributed by atoms with Gasteiger partial charge in [-0.15, -0.1) is 6.58 Å². The lowest BCUT2D eigenvalue weighted by molar-refractivity contribution is -0.926. The fourth-order valence-corrected chi connectivity index (χ4v) is 3.25. The Morgan fingerprint density at radius 2 is 1.89 bits per heavy atom. The molecule has 0 N–H and O–H groups in total. The van der Waals surface area contributed by atoms with Gasteiger partial charge in [0.1, 0.15) is 12.6 Å². The van der Waals surface area contributed by atoms with Crippen LogP contribution in [0.2, 0.25) is 0 Å². The van der Waals surface area contributed by atoms with Crippen LogP contribution in [-0.4, -0.2) is 18.6 Å². The number of hydrogen-bond donors (Lipinski definition) is 0. The molecule has 0 radical (unpaired) electrons. The highest BCUT2D eigenvalue weighted by Crippen LogP contribution is 2.41. The van der Waals surface area contributed by atoms with Gasteiger partial charge in [-0.1, -0.05) is 30.3 Å². The average molecular weight is 238 g/mol. The van der Waals surface area contributed by atoms with E-state index in [4.69, 9.17) is 0 Å². The second-order valence-corrected chi connectivity index (χ2v) is 5.88. The molecule has 0 bridgehead atoms. The van der Waals surface area contributed by atoms with Crippen LogP contribution in [0.15, 0.2) is 49.1 Å². The van der Waals surface area contributed by atoms with Crippen LogP contribution < -0.4 is 0 Å². The van der Waals surface area contributed by atoms with Crippen molar-refractivity contribution in [1.82, 2.24) is 0 Å². The molecule has 3 rings (SSSR count). The van der Waals surface area contributed by atoms with Crippen molar-refractivity contribution in [2.45, 2.75) is 19.0 Å². The molecule has 18 heavy (non-hydrogen) atoms. The summed E-state index contributed by atoms with van der Waals surface area (Å²) in [5.41, 5.74) is 3.02. The minimum absolute atomic E-state index is 0.558. The van der Waals surface area contributed by atoms with Crippen molar-refractivity contribution < 1.29 is 4.48 Å². The number of benzene rings is 2. The first kappa shape index (κ1) is 11.5. The maximum absolute atomic E-state index is 3.91. The zero-order chi connectivity index (χ0) is 12.8. The largest absolute Gasteiger partial charge is 0.318 e. The van der Waals surface area contributed by atoms with Gasteiger partial charge in [0, 0.05) is 17.5 Å². The fourth-order valence-electron chi connectivity index (χ4n) is 3.25. The van der Waals surface area contributed by atoms with E-state index in [1.807, 2.05) is 0 Å². The van der Waals surface area contributed by atoms with Gasteiger partial charge in [0.05, 0.1) is 14.1 Å². The van der Waals surface area contributed by atoms with Gasteiger partial charge in [-0.25, -0.2) is 0 Å². The molecule has 0 aliphatic carbocycles. The van der Waals surface area contributed by atoms with Gasteiger partial charge in [0.25, 0.3) is 0 Å². The summed E-state index contributed by atoms with van der Waals surface area (Å²) >= 11 is 0. The molecule has 1 heterocycles. The Hall–Kier alpha value is -1.60. The maximum Gasteiger partial charge on any atom is 0.118 e. The van der Waals surface area contributed by atoms with E-state index < -0.39 is 0 Å². The van der Waals surface area contributed by atoms with E-state index in [9.17, 15) is 0 Å². The van der Waals surface area contributed by atoms with Crippen molar-refractivity contribution in [1.29, 1.82) is 0 Å². The summed E-state index contributed by atoms with van der Waals surface area (Å²) in [6.45, 7) is 5.04. The predicted octanol–water partition coefficient (Wildman–Crippen LogP) is 4.05. The monoisotopic (exact) mass is 238 g/mol. The number of nitrogens with zero attached hydrogens (tertiary/aromatic N) is 1. The number of fused-ring (bicyclic) bond motifs is 2. The smallest absolute Gasteiger partial charge is 0.118 e. The highest BCUT2D eigenvalue weighted by Gasteiger charge is 2.38. The van der Waals surface area contributed by atoms with E-state index in [2.05, 4.69) is 63.1 Å². The van der Waals surface area contributed by atoms with Crippen molar-refractivity contribution in [3.8, 4) is 0 Å². The second kappa shape index (κ2) is 3.96. The van der Waals surface area contributed by atoms with Crippen LogP contribution in [0.1, 0.15) is 23.6 Å². The topological polar surface area (TPSA) is 0 Å². The quantitative estimate of drug-likeness (QED) is 0.547. The summed E-state index contributed by atoms with van der Waals surface area (Å²) < 4.78 is 1.04. The van der Waals surface area contributed by atoms with Gasteiger partial charge >= 0.3 is 0 Å². The van der Waals surface area contributed by atoms with Crippen LogP contribution in [0.25, 0.3) is 10.8 Å². The average Bonchev–Trinajstić information content (AvgIpc) is 2.58. The Morgan fingerprint density at radius 1 is 1.22 bits per heavy atom. The van der Waals surface area contributed by atoms with Gasteiger partial charge in [0.15, 0.2) is 0 Å². The molecule has 1 nitrogen and oxygen atoms in total. The first-order valence-corrected chi connectivity index (χ1v) is 6.57. The minimum Gasteiger partial charge on any atom is -0.318 e. The molecule has 1 aliphatic heterocycles. The first-order chi connectivity index (χ1) is 8.62. The van der Waals surface area contributed by atoms with E-state index in [-0.39, 0.29) is 0 Å². The molecule has 1 aliphatic rings. The number of quaternary nitrogens is 1. The Morgan fingerprint density at radius 3 is 2.56 bits per heavy atom. The maximum atomic E-state index is 3.91. The molecule has 0 aromatic heterocycles. The predicted molar refractivity (Wildman–Crippen MR) is 77.3 cm³/mol. The SMILES string of the molecule is C=CC[C@@H]1c2cc3ccccc3cc2C[N+]1(C)C. The summed E-state index contributed by atoms with van der Waals surface area (Å²) in [5, 5.41) is 2.71. The molecule has 0 spiro atoms. The zero-order valence-corrected chi connectivity index (χ0v) is 11.2. The van der Waals surface area contributed by atoms with Crippen LogP contribution in [0.3, 0.4) is 0 Å². The number of hydrogen-bond acceptors (Lipinski definition) is 0. The molecule has 2 aromatic carbocycles. The summed E-state index contributed by atoms with van der Waals surface area (Å²) in [6, 6.07) is 14.0. The third kappa shape index (κ3) is 1.67. The summed E-state index contributed by atoms with van der Waals surface area (Å²) in [4.78, 5) is 0. The highest BCUT2D eigenvalue weighted by atomic mass is 15.3. The van der Waals surface area contributed by atoms with Crippen LogP contribution in [0.4, 0.5) is 0 Å². The Bertz CT molecular complexity index is 610. The lowest BCUT2D eigenvalue weighted by Gasteiger charge is -2.31. The molecule has 0 saturated carbocycles. The van der Waals surface area contributed by atoms with E-state index in [0.717, 1.165) is 17.4 Å². The lowest BCUT2D eigenvalue weighted by Crippen LogP contribution is -2.37. The van der Waals surface area contributed by atoms with Crippen molar-refractivity contribution in [2.75, 3.05) is 14.1 Å². The fraction of sp³-hybridized carbons (Fsp3) is 0.294. The Balaban J connectivity index is 2.19. The molecule has 2 aromatic rings. The van der Waals surface area contributed by atoms with Crippen LogP contribution in [0, 0.1) is 0 Å². The summed E-state index contributed by atoms with van der Waals surface area (Å²) in [5.74, 6) is 0. The van der Waals surface area contributed by atoms with E-state index in [1.54, 1.807) is 0 Å². The standard InChI is InChI=1S/C17H20N/c1-4-7-17-16-11-14-9-6-5-8-13(14)10-15(16)12-18(17,2)3/h4-6,8-11,17H,1,7,12H2,2-3H3/q+1/t17-/m1/s1. The van der Waals surface area contributed by atoms with Gasteiger partial charge in [-0.2, -0.15) is 0 Å². The normalized spacial score (nSPS) is 20.9. The van der Waals surface area contributed by atoms with Crippen molar-refractivity contribution in [2.24, 2.45) is 0 Å². The molecule has 0 amide bonds.